The second kappa shape index (κ2) is 8.95. The lowest BCUT2D eigenvalue weighted by Crippen LogP contribution is -2.40. The van der Waals surface area contributed by atoms with E-state index in [4.69, 9.17) is 9.47 Å². The first-order chi connectivity index (χ1) is 13.1. The fraction of sp³-hybridized carbons (Fsp3) is 0.381. The van der Waals surface area contributed by atoms with Crippen LogP contribution in [0, 0.1) is 17.6 Å². The van der Waals surface area contributed by atoms with Crippen molar-refractivity contribution in [2.24, 2.45) is 5.92 Å². The van der Waals surface area contributed by atoms with E-state index in [2.05, 4.69) is 4.90 Å². The second-order valence-electron chi connectivity index (χ2n) is 6.63. The maximum atomic E-state index is 13.9. The van der Waals surface area contributed by atoms with Crippen LogP contribution in [0.4, 0.5) is 8.78 Å². The van der Waals surface area contributed by atoms with Gasteiger partial charge in [0.15, 0.2) is 17.3 Å². The van der Waals surface area contributed by atoms with Crippen LogP contribution in [0.15, 0.2) is 42.5 Å². The van der Waals surface area contributed by atoms with Crippen LogP contribution in [0.2, 0.25) is 0 Å². The molecule has 0 aromatic heterocycles. The molecule has 1 heterocycles. The summed E-state index contributed by atoms with van der Waals surface area (Å²) in [5.41, 5.74) is -0.160. The predicted molar refractivity (Wildman–Crippen MR) is 98.3 cm³/mol. The Kier molecular flexibility index (Phi) is 6.40. The molecule has 1 atom stereocenters. The molecule has 144 valence electrons. The van der Waals surface area contributed by atoms with Gasteiger partial charge in [0.1, 0.15) is 18.2 Å². The summed E-state index contributed by atoms with van der Waals surface area (Å²) in [5.74, 6) is -0.587. The molecule has 0 aliphatic carbocycles. The molecule has 0 radical (unpaired) electrons. The first-order valence-electron chi connectivity index (χ1n) is 9.06. The minimum atomic E-state index is -0.668. The molecule has 3 rings (SSSR count). The summed E-state index contributed by atoms with van der Waals surface area (Å²) in [6.45, 7) is 2.47. The fourth-order valence-electron chi connectivity index (χ4n) is 3.40. The van der Waals surface area contributed by atoms with Gasteiger partial charge >= 0.3 is 0 Å². The molecule has 1 aliphatic rings. The molecule has 1 aliphatic heterocycles. The van der Waals surface area contributed by atoms with Gasteiger partial charge in [-0.1, -0.05) is 12.1 Å². The molecule has 0 N–H and O–H groups in total. The van der Waals surface area contributed by atoms with Crippen molar-refractivity contribution < 1.29 is 23.0 Å². The third kappa shape index (κ3) is 4.83. The number of likely N-dealkylation sites (tertiary alicyclic amines) is 1. The quantitative estimate of drug-likeness (QED) is 0.687. The third-order valence-corrected chi connectivity index (χ3v) is 4.80. The highest BCUT2D eigenvalue weighted by atomic mass is 19.1. The van der Waals surface area contributed by atoms with Crippen molar-refractivity contribution in [1.29, 1.82) is 0 Å². The Bertz CT molecular complexity index is 797. The van der Waals surface area contributed by atoms with Crippen LogP contribution >= 0.6 is 0 Å². The van der Waals surface area contributed by atoms with Crippen molar-refractivity contribution in [3.05, 3.63) is 59.7 Å². The number of benzene rings is 2. The molecular weight excluding hydrogens is 352 g/mol. The average molecular weight is 375 g/mol. The van der Waals surface area contributed by atoms with Gasteiger partial charge in [0.2, 0.25) is 0 Å². The molecular formula is C21H23F2NO3. The molecule has 27 heavy (non-hydrogen) atoms. The number of rotatable bonds is 7. The Hall–Kier alpha value is -2.47. The van der Waals surface area contributed by atoms with E-state index in [1.54, 1.807) is 7.11 Å². The Morgan fingerprint density at radius 1 is 1.19 bits per heavy atom. The average Bonchev–Trinajstić information content (AvgIpc) is 2.70. The number of carbonyl (C=O) groups excluding carboxylic acids is 1. The van der Waals surface area contributed by atoms with Gasteiger partial charge in [-0.05, 0) is 49.7 Å². The highest BCUT2D eigenvalue weighted by molar-refractivity contribution is 5.98. The predicted octanol–water partition coefficient (Wildman–Crippen LogP) is 3.95. The molecule has 0 spiro atoms. The van der Waals surface area contributed by atoms with Crippen LogP contribution < -0.4 is 9.47 Å². The largest absolute Gasteiger partial charge is 0.493 e. The van der Waals surface area contributed by atoms with Crippen LogP contribution in [0.1, 0.15) is 23.2 Å². The fourth-order valence-corrected chi connectivity index (χ4v) is 3.40. The normalized spacial score (nSPS) is 17.5. The zero-order valence-corrected chi connectivity index (χ0v) is 15.3. The first-order valence-corrected chi connectivity index (χ1v) is 9.06. The number of halogens is 2. The number of Topliss-reactive ketones (excluding diaryl/α,β-unsaturated/α-hetero) is 1. The molecule has 1 fully saturated rings. The number of carbonyl (C=O) groups is 1. The number of hydrogen-bond donors (Lipinski definition) is 0. The molecule has 0 unspecified atom stereocenters. The zero-order chi connectivity index (χ0) is 19.2. The summed E-state index contributed by atoms with van der Waals surface area (Å²) in [7, 11) is 1.59. The lowest BCUT2D eigenvalue weighted by molar-refractivity contribution is 0.0795. The van der Waals surface area contributed by atoms with Crippen LogP contribution in [0.3, 0.4) is 0 Å². The van der Waals surface area contributed by atoms with E-state index in [0.717, 1.165) is 31.2 Å². The molecule has 6 heteroatoms. The summed E-state index contributed by atoms with van der Waals surface area (Å²) in [5, 5.41) is 0. The molecule has 0 saturated carbocycles. The van der Waals surface area contributed by atoms with Gasteiger partial charge in [-0.15, -0.1) is 0 Å². The van der Waals surface area contributed by atoms with E-state index in [9.17, 15) is 13.6 Å². The Morgan fingerprint density at radius 2 is 1.96 bits per heavy atom. The van der Waals surface area contributed by atoms with Crippen LogP contribution in [0.25, 0.3) is 0 Å². The lowest BCUT2D eigenvalue weighted by atomic mass is 9.89. The van der Waals surface area contributed by atoms with Crippen molar-refractivity contribution in [2.45, 2.75) is 12.8 Å². The van der Waals surface area contributed by atoms with Gasteiger partial charge in [-0.2, -0.15) is 0 Å². The maximum absolute atomic E-state index is 13.9. The van der Waals surface area contributed by atoms with E-state index < -0.39 is 11.6 Å². The van der Waals surface area contributed by atoms with Gasteiger partial charge < -0.3 is 9.47 Å². The Morgan fingerprint density at radius 3 is 2.74 bits per heavy atom. The highest BCUT2D eigenvalue weighted by Gasteiger charge is 2.28. The highest BCUT2D eigenvalue weighted by Crippen LogP contribution is 2.26. The number of nitrogens with zero attached hydrogens (tertiary/aromatic N) is 1. The Labute approximate surface area is 157 Å². The minimum absolute atomic E-state index is 0.160. The second-order valence-corrected chi connectivity index (χ2v) is 6.63. The van der Waals surface area contributed by atoms with E-state index in [-0.39, 0.29) is 17.3 Å². The molecule has 2 aromatic rings. The van der Waals surface area contributed by atoms with Crippen LogP contribution in [-0.2, 0) is 0 Å². The van der Waals surface area contributed by atoms with Crippen molar-refractivity contribution >= 4 is 5.78 Å². The number of methoxy groups -OCH3 is 1. The van der Waals surface area contributed by atoms with Crippen LogP contribution in [0.5, 0.6) is 11.5 Å². The van der Waals surface area contributed by atoms with E-state index in [1.807, 2.05) is 24.3 Å². The SMILES string of the molecule is COc1ccccc1OCCN1CCC[C@@H](C(=O)c2cc(F)ccc2F)C1. The number of ether oxygens (including phenoxy) is 2. The van der Waals surface area contributed by atoms with E-state index in [1.165, 1.54) is 0 Å². The summed E-state index contributed by atoms with van der Waals surface area (Å²) < 4.78 is 38.3. The Balaban J connectivity index is 1.56. The number of para-hydroxylation sites is 2. The lowest BCUT2D eigenvalue weighted by Gasteiger charge is -2.32. The van der Waals surface area contributed by atoms with Crippen molar-refractivity contribution in [3.8, 4) is 11.5 Å². The summed E-state index contributed by atoms with van der Waals surface area (Å²) >= 11 is 0. The third-order valence-electron chi connectivity index (χ3n) is 4.80. The van der Waals surface area contributed by atoms with Gasteiger partial charge in [-0.25, -0.2) is 8.78 Å². The summed E-state index contributed by atoms with van der Waals surface area (Å²) in [6.07, 6.45) is 1.51. The number of hydrogen-bond acceptors (Lipinski definition) is 4. The van der Waals surface area contributed by atoms with Crippen molar-refractivity contribution in [1.82, 2.24) is 4.90 Å². The van der Waals surface area contributed by atoms with Gasteiger partial charge in [0, 0.05) is 19.0 Å². The van der Waals surface area contributed by atoms with Crippen LogP contribution in [-0.4, -0.2) is 44.0 Å². The molecule has 0 bridgehead atoms. The van der Waals surface area contributed by atoms with Crippen molar-refractivity contribution in [2.75, 3.05) is 33.4 Å². The number of piperidine rings is 1. The van der Waals surface area contributed by atoms with E-state index in [0.29, 0.717) is 37.6 Å². The van der Waals surface area contributed by atoms with Crippen molar-refractivity contribution in [3.63, 3.8) is 0 Å². The summed E-state index contributed by atoms with van der Waals surface area (Å²) in [4.78, 5) is 14.7. The number of ketones is 1. The smallest absolute Gasteiger partial charge is 0.170 e. The topological polar surface area (TPSA) is 38.8 Å². The molecule has 4 nitrogen and oxygen atoms in total. The summed E-state index contributed by atoms with van der Waals surface area (Å²) in [6, 6.07) is 10.4. The monoisotopic (exact) mass is 375 g/mol. The van der Waals surface area contributed by atoms with Gasteiger partial charge in [-0.3, -0.25) is 9.69 Å². The first kappa shape index (κ1) is 19.3. The van der Waals surface area contributed by atoms with Gasteiger partial charge in [0.25, 0.3) is 0 Å². The minimum Gasteiger partial charge on any atom is -0.493 e. The van der Waals surface area contributed by atoms with Gasteiger partial charge in [0.05, 0.1) is 12.7 Å². The molecule has 0 amide bonds. The molecule has 2 aromatic carbocycles. The maximum Gasteiger partial charge on any atom is 0.170 e. The standard InChI is InChI=1S/C21H23F2NO3/c1-26-19-6-2-3-7-20(19)27-12-11-24-10-4-5-15(14-24)21(25)17-13-16(22)8-9-18(17)23/h2-3,6-9,13,15H,4-5,10-12,14H2,1H3/t15-/m1/s1. The van der Waals surface area contributed by atoms with E-state index >= 15 is 0 Å². The molecule has 1 saturated heterocycles. The zero-order valence-electron chi connectivity index (χ0n) is 15.3.